The zero-order valence-corrected chi connectivity index (χ0v) is 10.1. The maximum Gasteiger partial charge on any atom is 0.123 e. The standard InChI is InChI=1S/C14H11ClFN/c1-9(2)12-8-17-14(7-13(12)15)10-3-5-11(16)6-4-10/h3-8H,1H2,2H3. The number of hydrogen-bond donors (Lipinski definition) is 0. The molecule has 2 aromatic rings. The molecule has 0 aliphatic rings. The van der Waals surface area contributed by atoms with E-state index in [1.807, 2.05) is 6.92 Å². The largest absolute Gasteiger partial charge is 0.256 e. The van der Waals surface area contributed by atoms with Crippen molar-refractivity contribution < 1.29 is 4.39 Å². The number of allylic oxidation sites excluding steroid dienone is 1. The molecule has 0 bridgehead atoms. The number of aromatic nitrogens is 1. The lowest BCUT2D eigenvalue weighted by Crippen LogP contribution is -1.88. The summed E-state index contributed by atoms with van der Waals surface area (Å²) in [6.45, 7) is 5.70. The quantitative estimate of drug-likeness (QED) is 0.757. The Bertz CT molecular complexity index is 561. The van der Waals surface area contributed by atoms with Crippen LogP contribution < -0.4 is 0 Å². The molecule has 0 amide bonds. The topological polar surface area (TPSA) is 12.9 Å². The third-order valence-corrected chi connectivity index (χ3v) is 2.77. The Morgan fingerprint density at radius 2 is 1.94 bits per heavy atom. The first kappa shape index (κ1) is 11.8. The smallest absolute Gasteiger partial charge is 0.123 e. The van der Waals surface area contributed by atoms with Crippen molar-refractivity contribution in [1.29, 1.82) is 0 Å². The summed E-state index contributed by atoms with van der Waals surface area (Å²) in [5.41, 5.74) is 3.26. The molecule has 0 spiro atoms. The zero-order chi connectivity index (χ0) is 12.4. The SMILES string of the molecule is C=C(C)c1cnc(-c2ccc(F)cc2)cc1Cl. The minimum Gasteiger partial charge on any atom is -0.256 e. The van der Waals surface area contributed by atoms with E-state index < -0.39 is 0 Å². The summed E-state index contributed by atoms with van der Waals surface area (Å²) >= 11 is 6.13. The van der Waals surface area contributed by atoms with Gasteiger partial charge in [0.1, 0.15) is 5.82 Å². The number of nitrogens with zero attached hydrogens (tertiary/aromatic N) is 1. The molecule has 0 atom stereocenters. The molecular weight excluding hydrogens is 237 g/mol. The van der Waals surface area contributed by atoms with Crippen LogP contribution in [0.3, 0.4) is 0 Å². The van der Waals surface area contributed by atoms with E-state index in [0.29, 0.717) is 5.02 Å². The second-order valence-corrected chi connectivity index (χ2v) is 4.24. The van der Waals surface area contributed by atoms with Gasteiger partial charge in [0.05, 0.1) is 10.7 Å². The summed E-state index contributed by atoms with van der Waals surface area (Å²) in [6, 6.07) is 7.91. The van der Waals surface area contributed by atoms with Gasteiger partial charge in [-0.25, -0.2) is 4.39 Å². The van der Waals surface area contributed by atoms with Gasteiger partial charge in [0.15, 0.2) is 0 Å². The van der Waals surface area contributed by atoms with E-state index in [1.54, 1.807) is 24.4 Å². The lowest BCUT2D eigenvalue weighted by atomic mass is 10.1. The maximum absolute atomic E-state index is 12.8. The molecule has 1 aromatic carbocycles. The molecule has 0 aliphatic heterocycles. The first-order chi connectivity index (χ1) is 8.08. The van der Waals surface area contributed by atoms with Crippen LogP contribution in [0.15, 0.2) is 43.1 Å². The first-order valence-corrected chi connectivity index (χ1v) is 5.53. The van der Waals surface area contributed by atoms with Crippen LogP contribution in [0.2, 0.25) is 5.02 Å². The summed E-state index contributed by atoms with van der Waals surface area (Å²) < 4.78 is 12.8. The van der Waals surface area contributed by atoms with Crippen molar-refractivity contribution in [1.82, 2.24) is 4.98 Å². The van der Waals surface area contributed by atoms with Gasteiger partial charge in [0.25, 0.3) is 0 Å². The second kappa shape index (κ2) is 4.68. The third-order valence-electron chi connectivity index (χ3n) is 2.45. The molecule has 1 heterocycles. The molecule has 0 aliphatic carbocycles. The van der Waals surface area contributed by atoms with E-state index in [4.69, 9.17) is 11.6 Å². The molecule has 0 fully saturated rings. The van der Waals surface area contributed by atoms with Crippen molar-refractivity contribution in [2.75, 3.05) is 0 Å². The van der Waals surface area contributed by atoms with Crippen LogP contribution in [-0.4, -0.2) is 4.98 Å². The molecule has 86 valence electrons. The fourth-order valence-corrected chi connectivity index (χ4v) is 1.84. The Labute approximate surface area is 105 Å². The molecule has 0 saturated heterocycles. The normalized spacial score (nSPS) is 10.3. The van der Waals surface area contributed by atoms with Crippen molar-refractivity contribution in [2.45, 2.75) is 6.92 Å². The number of rotatable bonds is 2. The number of hydrogen-bond acceptors (Lipinski definition) is 1. The predicted molar refractivity (Wildman–Crippen MR) is 69.3 cm³/mol. The minimum absolute atomic E-state index is 0.265. The van der Waals surface area contributed by atoms with Crippen molar-refractivity contribution in [3.8, 4) is 11.3 Å². The Morgan fingerprint density at radius 1 is 1.29 bits per heavy atom. The third kappa shape index (κ3) is 2.53. The minimum atomic E-state index is -0.265. The van der Waals surface area contributed by atoms with Gasteiger partial charge in [-0.05, 0) is 42.8 Å². The highest BCUT2D eigenvalue weighted by atomic mass is 35.5. The average Bonchev–Trinajstić information content (AvgIpc) is 2.29. The summed E-state index contributed by atoms with van der Waals surface area (Å²) in [4.78, 5) is 4.29. The summed E-state index contributed by atoms with van der Waals surface area (Å²) in [7, 11) is 0. The van der Waals surface area contributed by atoms with Crippen molar-refractivity contribution in [3.63, 3.8) is 0 Å². The molecule has 1 nitrogen and oxygen atoms in total. The Hall–Kier alpha value is -1.67. The molecule has 3 heteroatoms. The van der Waals surface area contributed by atoms with Crippen molar-refractivity contribution in [2.24, 2.45) is 0 Å². The highest BCUT2D eigenvalue weighted by molar-refractivity contribution is 6.32. The molecule has 2 rings (SSSR count). The number of benzene rings is 1. The summed E-state index contributed by atoms with van der Waals surface area (Å²) in [5.74, 6) is -0.265. The predicted octanol–water partition coefficient (Wildman–Crippen LogP) is 4.57. The van der Waals surface area contributed by atoms with E-state index in [0.717, 1.165) is 22.4 Å². The fourth-order valence-electron chi connectivity index (χ4n) is 1.52. The molecule has 1 aromatic heterocycles. The van der Waals surface area contributed by atoms with E-state index >= 15 is 0 Å². The van der Waals surface area contributed by atoms with Crippen LogP contribution >= 0.6 is 11.6 Å². The van der Waals surface area contributed by atoms with E-state index in [2.05, 4.69) is 11.6 Å². The van der Waals surface area contributed by atoms with E-state index in [-0.39, 0.29) is 5.82 Å². The van der Waals surface area contributed by atoms with Gasteiger partial charge in [0, 0.05) is 17.3 Å². The van der Waals surface area contributed by atoms with E-state index in [1.165, 1.54) is 12.1 Å². The van der Waals surface area contributed by atoms with Gasteiger partial charge in [-0.15, -0.1) is 0 Å². The molecule has 0 unspecified atom stereocenters. The Morgan fingerprint density at radius 3 is 2.47 bits per heavy atom. The van der Waals surface area contributed by atoms with Crippen molar-refractivity contribution in [3.05, 3.63) is 59.5 Å². The van der Waals surface area contributed by atoms with Crippen LogP contribution in [0.25, 0.3) is 16.8 Å². The maximum atomic E-state index is 12.8. The van der Waals surface area contributed by atoms with Crippen LogP contribution in [0, 0.1) is 5.82 Å². The average molecular weight is 248 g/mol. The fraction of sp³-hybridized carbons (Fsp3) is 0.0714. The summed E-state index contributed by atoms with van der Waals surface area (Å²) in [5, 5.41) is 0.604. The first-order valence-electron chi connectivity index (χ1n) is 5.15. The molecule has 0 radical (unpaired) electrons. The molecule has 17 heavy (non-hydrogen) atoms. The van der Waals surface area contributed by atoms with Gasteiger partial charge in [0.2, 0.25) is 0 Å². The Kier molecular flexibility index (Phi) is 3.25. The van der Waals surface area contributed by atoms with Gasteiger partial charge < -0.3 is 0 Å². The molecular formula is C14H11ClFN. The zero-order valence-electron chi connectivity index (χ0n) is 9.37. The van der Waals surface area contributed by atoms with Gasteiger partial charge in [-0.1, -0.05) is 18.2 Å². The summed E-state index contributed by atoms with van der Waals surface area (Å²) in [6.07, 6.45) is 1.68. The molecule has 0 saturated carbocycles. The van der Waals surface area contributed by atoms with Crippen LogP contribution in [0.1, 0.15) is 12.5 Å². The highest BCUT2D eigenvalue weighted by Gasteiger charge is 2.05. The number of halogens is 2. The lowest BCUT2D eigenvalue weighted by Gasteiger charge is -2.06. The van der Waals surface area contributed by atoms with Gasteiger partial charge >= 0.3 is 0 Å². The highest BCUT2D eigenvalue weighted by Crippen LogP contribution is 2.26. The second-order valence-electron chi connectivity index (χ2n) is 3.84. The van der Waals surface area contributed by atoms with Crippen LogP contribution in [-0.2, 0) is 0 Å². The lowest BCUT2D eigenvalue weighted by molar-refractivity contribution is 0.628. The van der Waals surface area contributed by atoms with E-state index in [9.17, 15) is 4.39 Å². The number of pyridine rings is 1. The van der Waals surface area contributed by atoms with Crippen LogP contribution in [0.5, 0.6) is 0 Å². The van der Waals surface area contributed by atoms with Gasteiger partial charge in [-0.2, -0.15) is 0 Å². The Balaban J connectivity index is 2.44. The molecule has 0 N–H and O–H groups in total. The van der Waals surface area contributed by atoms with Crippen molar-refractivity contribution >= 4 is 17.2 Å². The van der Waals surface area contributed by atoms with Gasteiger partial charge in [-0.3, -0.25) is 4.98 Å². The monoisotopic (exact) mass is 247 g/mol. The van der Waals surface area contributed by atoms with Crippen LogP contribution in [0.4, 0.5) is 4.39 Å².